The summed E-state index contributed by atoms with van der Waals surface area (Å²) in [5.41, 5.74) is 6.13. The second-order valence-corrected chi connectivity index (χ2v) is 7.64. The van der Waals surface area contributed by atoms with E-state index in [1.54, 1.807) is 13.8 Å². The SMILES string of the molecule is CCOC(=O)c1sc(NC(=O)[C@@H]2C[C@@H]3CC[C@@H]2C3)c(C(N)=O)c1C. The van der Waals surface area contributed by atoms with Gasteiger partial charge in [0.15, 0.2) is 0 Å². The molecule has 0 aliphatic heterocycles. The number of thiophene rings is 1. The molecule has 0 radical (unpaired) electrons. The molecule has 1 aromatic rings. The van der Waals surface area contributed by atoms with Crippen molar-refractivity contribution in [3.05, 3.63) is 16.0 Å². The maximum atomic E-state index is 12.6. The molecule has 2 amide bonds. The first-order valence-electron chi connectivity index (χ1n) is 8.33. The van der Waals surface area contributed by atoms with Crippen LogP contribution in [-0.4, -0.2) is 24.4 Å². The fourth-order valence-electron chi connectivity index (χ4n) is 4.06. The molecular weight excluding hydrogens is 328 g/mol. The van der Waals surface area contributed by atoms with Gasteiger partial charge in [0.25, 0.3) is 5.91 Å². The highest BCUT2D eigenvalue weighted by Crippen LogP contribution is 2.49. The summed E-state index contributed by atoms with van der Waals surface area (Å²) in [5, 5.41) is 3.21. The molecule has 3 rings (SSSR count). The summed E-state index contributed by atoms with van der Waals surface area (Å²) in [5.74, 6) is -0.121. The van der Waals surface area contributed by atoms with Crippen LogP contribution in [0.4, 0.5) is 5.00 Å². The van der Waals surface area contributed by atoms with Crippen LogP contribution in [0.25, 0.3) is 0 Å². The van der Waals surface area contributed by atoms with E-state index < -0.39 is 11.9 Å². The minimum absolute atomic E-state index is 0.00192. The molecule has 0 aromatic carbocycles. The Balaban J connectivity index is 1.84. The Morgan fingerprint density at radius 1 is 1.29 bits per heavy atom. The zero-order chi connectivity index (χ0) is 17.4. The predicted octanol–water partition coefficient (Wildman–Crippen LogP) is 2.71. The van der Waals surface area contributed by atoms with Crippen molar-refractivity contribution < 1.29 is 19.1 Å². The lowest BCUT2D eigenvalue weighted by molar-refractivity contribution is -0.121. The Morgan fingerprint density at radius 3 is 2.58 bits per heavy atom. The summed E-state index contributed by atoms with van der Waals surface area (Å²) < 4.78 is 5.01. The van der Waals surface area contributed by atoms with Crippen LogP contribution in [0.15, 0.2) is 0 Å². The van der Waals surface area contributed by atoms with Crippen LogP contribution in [-0.2, 0) is 9.53 Å². The van der Waals surface area contributed by atoms with Crippen LogP contribution >= 0.6 is 11.3 Å². The summed E-state index contributed by atoms with van der Waals surface area (Å²) in [6.07, 6.45) is 4.35. The summed E-state index contributed by atoms with van der Waals surface area (Å²) in [7, 11) is 0. The molecule has 2 saturated carbocycles. The zero-order valence-corrected chi connectivity index (χ0v) is 14.7. The first-order valence-corrected chi connectivity index (χ1v) is 9.15. The van der Waals surface area contributed by atoms with Gasteiger partial charge in [-0.3, -0.25) is 9.59 Å². The first-order chi connectivity index (χ1) is 11.4. The van der Waals surface area contributed by atoms with Gasteiger partial charge in [0, 0.05) is 5.92 Å². The Bertz CT molecular complexity index is 697. The van der Waals surface area contributed by atoms with Crippen molar-refractivity contribution in [2.45, 2.75) is 39.5 Å². The molecule has 2 aliphatic carbocycles. The Kier molecular flexibility index (Phi) is 4.62. The van der Waals surface area contributed by atoms with E-state index >= 15 is 0 Å². The number of nitrogens with two attached hydrogens (primary N) is 1. The standard InChI is InChI=1S/C17H22N2O4S/c1-3-23-17(22)13-8(2)12(14(18)20)16(24-13)19-15(21)11-7-9-4-5-10(11)6-9/h9-11H,3-7H2,1-2H3,(H2,18,20)(H,19,21)/t9-,10-,11-/m1/s1. The lowest BCUT2D eigenvalue weighted by atomic mass is 9.88. The average molecular weight is 350 g/mol. The molecule has 130 valence electrons. The number of carbonyl (C=O) groups is 3. The van der Waals surface area contributed by atoms with E-state index in [-0.39, 0.29) is 24.0 Å². The maximum absolute atomic E-state index is 12.6. The van der Waals surface area contributed by atoms with E-state index in [1.165, 1.54) is 6.42 Å². The second-order valence-electron chi connectivity index (χ2n) is 6.62. The highest BCUT2D eigenvalue weighted by atomic mass is 32.1. The molecule has 6 nitrogen and oxygen atoms in total. The highest BCUT2D eigenvalue weighted by molar-refractivity contribution is 7.18. The lowest BCUT2D eigenvalue weighted by Crippen LogP contribution is -2.27. The van der Waals surface area contributed by atoms with E-state index in [9.17, 15) is 14.4 Å². The summed E-state index contributed by atoms with van der Waals surface area (Å²) in [6.45, 7) is 3.61. The molecule has 0 spiro atoms. The van der Waals surface area contributed by atoms with E-state index in [4.69, 9.17) is 10.5 Å². The third-order valence-corrected chi connectivity index (χ3v) is 6.35. The quantitative estimate of drug-likeness (QED) is 0.798. The maximum Gasteiger partial charge on any atom is 0.348 e. The number of esters is 1. The molecule has 3 atom stereocenters. The summed E-state index contributed by atoms with van der Waals surface area (Å²) in [6, 6.07) is 0. The van der Waals surface area contributed by atoms with Gasteiger partial charge in [-0.1, -0.05) is 6.42 Å². The highest BCUT2D eigenvalue weighted by Gasteiger charge is 2.43. The smallest absolute Gasteiger partial charge is 0.348 e. The van der Waals surface area contributed by atoms with Gasteiger partial charge in [0.1, 0.15) is 9.88 Å². The number of anilines is 1. The molecule has 1 aromatic heterocycles. The van der Waals surface area contributed by atoms with Crippen LogP contribution in [0, 0.1) is 24.7 Å². The Hall–Kier alpha value is -1.89. The van der Waals surface area contributed by atoms with Gasteiger partial charge < -0.3 is 15.8 Å². The van der Waals surface area contributed by atoms with Gasteiger partial charge in [0.2, 0.25) is 5.91 Å². The van der Waals surface area contributed by atoms with Gasteiger partial charge in [-0.05, 0) is 50.5 Å². The monoisotopic (exact) mass is 350 g/mol. The average Bonchev–Trinajstić information content (AvgIpc) is 3.21. The van der Waals surface area contributed by atoms with Crippen molar-refractivity contribution in [3.63, 3.8) is 0 Å². The topological polar surface area (TPSA) is 98.5 Å². The van der Waals surface area contributed by atoms with Gasteiger partial charge in [-0.25, -0.2) is 4.79 Å². The van der Waals surface area contributed by atoms with E-state index in [2.05, 4.69) is 5.32 Å². The number of fused-ring (bicyclic) bond motifs is 2. The molecular formula is C17H22N2O4S. The number of hydrogen-bond donors (Lipinski definition) is 2. The van der Waals surface area contributed by atoms with E-state index in [1.807, 2.05) is 0 Å². The normalized spacial score (nSPS) is 24.8. The van der Waals surface area contributed by atoms with Crippen molar-refractivity contribution in [2.24, 2.45) is 23.5 Å². The molecule has 7 heteroatoms. The van der Waals surface area contributed by atoms with Gasteiger partial charge >= 0.3 is 5.97 Å². The van der Waals surface area contributed by atoms with Crippen molar-refractivity contribution in [1.29, 1.82) is 0 Å². The lowest BCUT2D eigenvalue weighted by Gasteiger charge is -2.20. The molecule has 2 bridgehead atoms. The van der Waals surface area contributed by atoms with Crippen LogP contribution in [0.2, 0.25) is 0 Å². The van der Waals surface area contributed by atoms with Gasteiger partial charge in [0.05, 0.1) is 12.2 Å². The molecule has 0 saturated heterocycles. The fraction of sp³-hybridized carbons (Fsp3) is 0.588. The largest absolute Gasteiger partial charge is 0.462 e. The van der Waals surface area contributed by atoms with Crippen molar-refractivity contribution >= 4 is 34.1 Å². The molecule has 24 heavy (non-hydrogen) atoms. The van der Waals surface area contributed by atoms with Crippen molar-refractivity contribution in [3.8, 4) is 0 Å². The number of nitrogens with one attached hydrogen (secondary N) is 1. The third kappa shape index (κ3) is 2.92. The number of ether oxygens (including phenoxy) is 1. The number of rotatable bonds is 5. The molecule has 3 N–H and O–H groups in total. The van der Waals surface area contributed by atoms with Gasteiger partial charge in [-0.2, -0.15) is 0 Å². The molecule has 2 aliphatic rings. The van der Waals surface area contributed by atoms with Crippen LogP contribution in [0.3, 0.4) is 0 Å². The number of hydrogen-bond acceptors (Lipinski definition) is 5. The minimum atomic E-state index is -0.650. The zero-order valence-electron chi connectivity index (χ0n) is 13.9. The van der Waals surface area contributed by atoms with Crippen molar-refractivity contribution in [2.75, 3.05) is 11.9 Å². The summed E-state index contributed by atoms with van der Waals surface area (Å²) >= 11 is 1.06. The fourth-order valence-corrected chi connectivity index (χ4v) is 5.17. The predicted molar refractivity (Wildman–Crippen MR) is 91.1 cm³/mol. The number of carbonyl (C=O) groups excluding carboxylic acids is 3. The molecule has 2 fully saturated rings. The Labute approximate surface area is 144 Å². The van der Waals surface area contributed by atoms with E-state index in [0.29, 0.717) is 27.3 Å². The number of amides is 2. The minimum Gasteiger partial charge on any atom is -0.462 e. The number of primary amides is 1. The van der Waals surface area contributed by atoms with Crippen LogP contribution in [0.1, 0.15) is 58.2 Å². The molecule has 0 unspecified atom stereocenters. The third-order valence-electron chi connectivity index (χ3n) is 5.17. The Morgan fingerprint density at radius 2 is 2.04 bits per heavy atom. The van der Waals surface area contributed by atoms with Gasteiger partial charge in [-0.15, -0.1) is 11.3 Å². The second kappa shape index (κ2) is 6.55. The van der Waals surface area contributed by atoms with Crippen molar-refractivity contribution in [1.82, 2.24) is 0 Å². The van der Waals surface area contributed by atoms with E-state index in [0.717, 1.165) is 30.6 Å². The summed E-state index contributed by atoms with van der Waals surface area (Å²) in [4.78, 5) is 36.8. The van der Waals surface area contributed by atoms with Crippen LogP contribution in [0.5, 0.6) is 0 Å². The van der Waals surface area contributed by atoms with Crippen LogP contribution < -0.4 is 11.1 Å². The first kappa shape index (κ1) is 17.0. The molecule has 1 heterocycles.